The van der Waals surface area contributed by atoms with Gasteiger partial charge in [-0.25, -0.2) is 4.98 Å². The number of aromatic nitrogens is 2. The van der Waals surface area contributed by atoms with Crippen LogP contribution in [0.5, 0.6) is 0 Å². The molecule has 0 saturated carbocycles. The lowest BCUT2D eigenvalue weighted by Crippen LogP contribution is -2.38. The number of nitrogens with one attached hydrogen (secondary N) is 1. The molecule has 1 aliphatic rings. The second-order valence-corrected chi connectivity index (χ2v) is 6.51. The molecule has 0 aromatic carbocycles. The summed E-state index contributed by atoms with van der Waals surface area (Å²) in [5.41, 5.74) is 1.68. The van der Waals surface area contributed by atoms with Crippen molar-refractivity contribution in [3.05, 3.63) is 34.9 Å². The number of carbonyl (C=O) groups is 1. The zero-order chi connectivity index (χ0) is 17.1. The van der Waals surface area contributed by atoms with Crippen LogP contribution in [0.25, 0.3) is 0 Å². The third kappa shape index (κ3) is 4.03. The predicted octanol–water partition coefficient (Wildman–Crippen LogP) is 2.23. The van der Waals surface area contributed by atoms with Gasteiger partial charge in [0.1, 0.15) is 5.76 Å². The van der Waals surface area contributed by atoms with Gasteiger partial charge in [0.05, 0.1) is 17.9 Å². The smallest absolute Gasteiger partial charge is 0.289 e. The van der Waals surface area contributed by atoms with E-state index in [1.807, 2.05) is 13.8 Å². The van der Waals surface area contributed by atoms with Crippen LogP contribution in [0.4, 0.5) is 0 Å². The van der Waals surface area contributed by atoms with Gasteiger partial charge < -0.3 is 14.3 Å². The van der Waals surface area contributed by atoms with Gasteiger partial charge in [-0.1, -0.05) is 5.16 Å². The fraction of sp³-hybridized carbons (Fsp3) is 0.588. The van der Waals surface area contributed by atoms with E-state index in [-0.39, 0.29) is 11.7 Å². The molecule has 3 heterocycles. The number of aryl methyl sites for hydroxylation is 3. The molecule has 0 radical (unpaired) electrons. The van der Waals surface area contributed by atoms with Crippen molar-refractivity contribution < 1.29 is 13.7 Å². The highest BCUT2D eigenvalue weighted by Crippen LogP contribution is 2.19. The zero-order valence-corrected chi connectivity index (χ0v) is 14.5. The van der Waals surface area contributed by atoms with Crippen molar-refractivity contribution in [2.45, 2.75) is 40.2 Å². The summed E-state index contributed by atoms with van der Waals surface area (Å²) in [6.07, 6.45) is 2.10. The Labute approximate surface area is 141 Å². The van der Waals surface area contributed by atoms with E-state index in [1.54, 1.807) is 13.0 Å². The van der Waals surface area contributed by atoms with Gasteiger partial charge in [0.2, 0.25) is 11.7 Å². The first-order chi connectivity index (χ1) is 11.5. The first-order valence-corrected chi connectivity index (χ1v) is 8.38. The highest BCUT2D eigenvalue weighted by molar-refractivity contribution is 5.91. The molecule has 7 heteroatoms. The van der Waals surface area contributed by atoms with Crippen LogP contribution in [0.3, 0.4) is 0 Å². The molecule has 1 fully saturated rings. The number of oxazole rings is 1. The largest absolute Gasteiger partial charge is 0.444 e. The summed E-state index contributed by atoms with van der Waals surface area (Å²) in [6.45, 7) is 9.11. The normalized spacial score (nSPS) is 16.5. The minimum atomic E-state index is -0.191. The quantitative estimate of drug-likeness (QED) is 0.904. The molecule has 0 bridgehead atoms. The fourth-order valence-electron chi connectivity index (χ4n) is 2.94. The molecule has 1 aliphatic heterocycles. The molecule has 0 atom stereocenters. The molecule has 1 saturated heterocycles. The van der Waals surface area contributed by atoms with Crippen molar-refractivity contribution in [2.24, 2.45) is 5.92 Å². The van der Waals surface area contributed by atoms with Crippen molar-refractivity contribution in [3.63, 3.8) is 0 Å². The van der Waals surface area contributed by atoms with Crippen LogP contribution in [-0.4, -0.2) is 40.6 Å². The summed E-state index contributed by atoms with van der Waals surface area (Å²) in [5.74, 6) is 2.26. The maximum absolute atomic E-state index is 12.0. The maximum Gasteiger partial charge on any atom is 0.289 e. The van der Waals surface area contributed by atoms with Gasteiger partial charge in [0.25, 0.3) is 5.91 Å². The second kappa shape index (κ2) is 7.17. The average Bonchev–Trinajstić information content (AvgIpc) is 3.12. The van der Waals surface area contributed by atoms with E-state index < -0.39 is 0 Å². The Morgan fingerprint density at radius 1 is 1.33 bits per heavy atom. The summed E-state index contributed by atoms with van der Waals surface area (Å²) >= 11 is 0. The lowest BCUT2D eigenvalue weighted by molar-refractivity contribution is 0.0897. The Morgan fingerprint density at radius 2 is 2.08 bits per heavy atom. The Hall–Kier alpha value is -2.15. The van der Waals surface area contributed by atoms with Crippen molar-refractivity contribution in [1.29, 1.82) is 0 Å². The van der Waals surface area contributed by atoms with Gasteiger partial charge in [-0.15, -0.1) is 0 Å². The number of likely N-dealkylation sites (tertiary alicyclic amines) is 1. The van der Waals surface area contributed by atoms with Crippen LogP contribution in [0.15, 0.2) is 15.0 Å². The molecule has 0 aliphatic carbocycles. The van der Waals surface area contributed by atoms with E-state index in [4.69, 9.17) is 8.94 Å². The number of amides is 1. The predicted molar refractivity (Wildman–Crippen MR) is 87.6 cm³/mol. The zero-order valence-electron chi connectivity index (χ0n) is 14.5. The molecule has 0 unspecified atom stereocenters. The maximum atomic E-state index is 12.0. The lowest BCUT2D eigenvalue weighted by Gasteiger charge is -2.31. The first kappa shape index (κ1) is 16.7. The first-order valence-electron chi connectivity index (χ1n) is 8.38. The number of nitrogens with zero attached hydrogens (tertiary/aromatic N) is 3. The van der Waals surface area contributed by atoms with Gasteiger partial charge in [0, 0.05) is 12.6 Å². The summed E-state index contributed by atoms with van der Waals surface area (Å²) < 4.78 is 10.6. The van der Waals surface area contributed by atoms with Crippen molar-refractivity contribution in [2.75, 3.05) is 19.6 Å². The standard InChI is InChI=1S/C17H24N4O3/c1-11-8-15(24-20-11)17(22)18-9-14-4-6-21(7-5-14)10-16-19-12(2)13(3)23-16/h8,14H,4-7,9-10H2,1-3H3,(H,18,22). The van der Waals surface area contributed by atoms with Crippen LogP contribution >= 0.6 is 0 Å². The van der Waals surface area contributed by atoms with Crippen LogP contribution in [0, 0.1) is 26.7 Å². The fourth-order valence-corrected chi connectivity index (χ4v) is 2.94. The summed E-state index contributed by atoms with van der Waals surface area (Å²) in [4.78, 5) is 18.8. The minimum Gasteiger partial charge on any atom is -0.444 e. The highest BCUT2D eigenvalue weighted by Gasteiger charge is 2.22. The molecule has 24 heavy (non-hydrogen) atoms. The van der Waals surface area contributed by atoms with Crippen molar-refractivity contribution in [3.8, 4) is 0 Å². The SMILES string of the molecule is Cc1cc(C(=O)NCC2CCN(Cc3nc(C)c(C)o3)CC2)on1. The highest BCUT2D eigenvalue weighted by atomic mass is 16.5. The summed E-state index contributed by atoms with van der Waals surface area (Å²) in [6, 6.07) is 1.65. The van der Waals surface area contributed by atoms with Crippen molar-refractivity contribution in [1.82, 2.24) is 20.4 Å². The number of rotatable bonds is 5. The Morgan fingerprint density at radius 3 is 2.67 bits per heavy atom. The number of carbonyl (C=O) groups excluding carboxylic acids is 1. The van der Waals surface area contributed by atoms with E-state index in [1.165, 1.54) is 0 Å². The van der Waals surface area contributed by atoms with Crippen molar-refractivity contribution >= 4 is 5.91 Å². The van der Waals surface area contributed by atoms with Crippen LogP contribution in [0.1, 0.15) is 46.4 Å². The molecule has 1 amide bonds. The molecule has 2 aromatic rings. The Bertz CT molecular complexity index is 679. The summed E-state index contributed by atoms with van der Waals surface area (Å²) in [5, 5.41) is 6.67. The van der Waals surface area contributed by atoms with E-state index in [0.29, 0.717) is 18.2 Å². The second-order valence-electron chi connectivity index (χ2n) is 6.51. The summed E-state index contributed by atoms with van der Waals surface area (Å²) in [7, 11) is 0. The molecule has 7 nitrogen and oxygen atoms in total. The van der Waals surface area contributed by atoms with Gasteiger partial charge in [-0.3, -0.25) is 9.69 Å². The van der Waals surface area contributed by atoms with Crippen LogP contribution in [-0.2, 0) is 6.54 Å². The van der Waals surface area contributed by atoms with Gasteiger partial charge in [-0.2, -0.15) is 0 Å². The molecule has 130 valence electrons. The average molecular weight is 332 g/mol. The van der Waals surface area contributed by atoms with E-state index >= 15 is 0 Å². The topological polar surface area (TPSA) is 84.4 Å². The van der Waals surface area contributed by atoms with E-state index in [2.05, 4.69) is 20.4 Å². The van der Waals surface area contributed by atoms with Gasteiger partial charge >= 0.3 is 0 Å². The number of hydrogen-bond donors (Lipinski definition) is 1. The third-order valence-corrected chi connectivity index (χ3v) is 4.54. The van der Waals surface area contributed by atoms with Crippen LogP contribution < -0.4 is 5.32 Å². The molecule has 2 aromatic heterocycles. The molecular weight excluding hydrogens is 308 g/mol. The molecule has 0 spiro atoms. The van der Waals surface area contributed by atoms with Gasteiger partial charge in [0.15, 0.2) is 0 Å². The molecular formula is C17H24N4O3. The monoisotopic (exact) mass is 332 g/mol. The van der Waals surface area contributed by atoms with E-state index in [0.717, 1.165) is 49.8 Å². The Kier molecular flexibility index (Phi) is 4.99. The lowest BCUT2D eigenvalue weighted by atomic mass is 9.97. The number of hydrogen-bond acceptors (Lipinski definition) is 6. The third-order valence-electron chi connectivity index (χ3n) is 4.54. The van der Waals surface area contributed by atoms with Crippen LogP contribution in [0.2, 0.25) is 0 Å². The molecule has 3 rings (SSSR count). The molecule has 1 N–H and O–H groups in total. The number of piperidine rings is 1. The van der Waals surface area contributed by atoms with E-state index in [9.17, 15) is 4.79 Å². The van der Waals surface area contributed by atoms with Gasteiger partial charge in [-0.05, 0) is 52.6 Å². The Balaban J connectivity index is 1.41. The minimum absolute atomic E-state index is 0.191.